The smallest absolute Gasteiger partial charge is 0.192 e. The molecule has 2 aromatic carbocycles. The van der Waals surface area contributed by atoms with E-state index in [1.807, 2.05) is 36.4 Å². The summed E-state index contributed by atoms with van der Waals surface area (Å²) in [6.07, 6.45) is 0.259. The highest BCUT2D eigenvalue weighted by atomic mass is 16.5. The normalized spacial score (nSPS) is 17.8. The second-order valence-electron chi connectivity index (χ2n) is 4.50. The van der Waals surface area contributed by atoms with E-state index in [0.717, 1.165) is 16.7 Å². The van der Waals surface area contributed by atoms with Gasteiger partial charge in [-0.25, -0.2) is 0 Å². The molecule has 0 bridgehead atoms. The van der Waals surface area contributed by atoms with Crippen LogP contribution >= 0.6 is 0 Å². The van der Waals surface area contributed by atoms with E-state index in [4.69, 9.17) is 4.74 Å². The molecule has 2 aromatic rings. The van der Waals surface area contributed by atoms with Gasteiger partial charge in [0.25, 0.3) is 0 Å². The third kappa shape index (κ3) is 1.66. The molecule has 0 saturated heterocycles. The molecule has 0 saturated carbocycles. The number of carbonyl (C=O) groups is 1. The van der Waals surface area contributed by atoms with Crippen LogP contribution < -0.4 is 0 Å². The lowest BCUT2D eigenvalue weighted by Gasteiger charge is -2.11. The molecule has 0 spiro atoms. The lowest BCUT2D eigenvalue weighted by molar-refractivity contribution is 0.0611. The van der Waals surface area contributed by atoms with Gasteiger partial charge in [0.15, 0.2) is 5.78 Å². The molecule has 0 aromatic heterocycles. The van der Waals surface area contributed by atoms with Gasteiger partial charge in [0.05, 0.1) is 0 Å². The van der Waals surface area contributed by atoms with Crippen LogP contribution in [0.3, 0.4) is 0 Å². The van der Waals surface area contributed by atoms with Crippen molar-refractivity contribution < 1.29 is 9.53 Å². The van der Waals surface area contributed by atoms with Crippen molar-refractivity contribution in [3.63, 3.8) is 0 Å². The Morgan fingerprint density at radius 1 is 0.944 bits per heavy atom. The van der Waals surface area contributed by atoms with E-state index in [1.165, 1.54) is 5.56 Å². The number of fused-ring (bicyclic) bond motifs is 3. The largest absolute Gasteiger partial charge is 0.373 e. The molecule has 1 aliphatic carbocycles. The Balaban J connectivity index is 2.28. The molecule has 3 rings (SSSR count). The van der Waals surface area contributed by atoms with Crippen LogP contribution in [0.5, 0.6) is 0 Å². The van der Waals surface area contributed by atoms with Crippen molar-refractivity contribution in [3.8, 4) is 11.1 Å². The lowest BCUT2D eigenvalue weighted by atomic mass is 9.97. The third-order valence-electron chi connectivity index (χ3n) is 3.48. The summed E-state index contributed by atoms with van der Waals surface area (Å²) < 4.78 is 5.35. The Bertz CT molecular complexity index is 602. The van der Waals surface area contributed by atoms with E-state index in [-0.39, 0.29) is 11.9 Å². The first-order chi connectivity index (χ1) is 8.81. The maximum atomic E-state index is 12.4. The molecule has 90 valence electrons. The average molecular weight is 238 g/mol. The van der Waals surface area contributed by atoms with Crippen LogP contribution in [0.15, 0.2) is 48.5 Å². The minimum absolute atomic E-state index is 0.0734. The van der Waals surface area contributed by atoms with Crippen molar-refractivity contribution in [1.82, 2.24) is 0 Å². The van der Waals surface area contributed by atoms with Gasteiger partial charge in [-0.15, -0.1) is 0 Å². The third-order valence-corrected chi connectivity index (χ3v) is 3.48. The fourth-order valence-corrected chi connectivity index (χ4v) is 2.55. The molecule has 1 aliphatic rings. The molecule has 1 atom stereocenters. The number of hydrogen-bond donors (Lipinski definition) is 0. The van der Waals surface area contributed by atoms with E-state index >= 15 is 0 Å². The molecule has 2 heteroatoms. The van der Waals surface area contributed by atoms with Crippen molar-refractivity contribution in [1.29, 1.82) is 0 Å². The number of ketones is 1. The van der Waals surface area contributed by atoms with E-state index in [2.05, 4.69) is 12.1 Å². The first-order valence-electron chi connectivity index (χ1n) is 6.05. The van der Waals surface area contributed by atoms with Gasteiger partial charge in [-0.05, 0) is 16.7 Å². The predicted octanol–water partition coefficient (Wildman–Crippen LogP) is 3.11. The number of carbonyl (C=O) groups excluding carboxylic acids is 1. The first kappa shape index (κ1) is 11.2. The zero-order valence-corrected chi connectivity index (χ0v) is 10.2. The maximum Gasteiger partial charge on any atom is 0.192 e. The predicted molar refractivity (Wildman–Crippen MR) is 70.7 cm³/mol. The van der Waals surface area contributed by atoms with Crippen LogP contribution in [0, 0.1) is 0 Å². The van der Waals surface area contributed by atoms with E-state index in [9.17, 15) is 4.79 Å². The van der Waals surface area contributed by atoms with Crippen molar-refractivity contribution in [2.24, 2.45) is 0 Å². The zero-order valence-electron chi connectivity index (χ0n) is 10.2. The summed E-state index contributed by atoms with van der Waals surface area (Å²) in [6.45, 7) is 0. The standard InChI is InChI=1S/C16H14O2/c1-18-15-10-11-6-2-3-7-12(11)13-8-4-5-9-14(13)16(15)17/h2-9,15H,10H2,1H3. The van der Waals surface area contributed by atoms with Crippen molar-refractivity contribution in [2.75, 3.05) is 7.11 Å². The van der Waals surface area contributed by atoms with Crippen molar-refractivity contribution >= 4 is 5.78 Å². The van der Waals surface area contributed by atoms with Gasteiger partial charge < -0.3 is 4.74 Å². The number of benzene rings is 2. The van der Waals surface area contributed by atoms with Gasteiger partial charge in [0, 0.05) is 19.1 Å². The Morgan fingerprint density at radius 2 is 1.56 bits per heavy atom. The molecule has 2 nitrogen and oxygen atoms in total. The molecule has 0 aliphatic heterocycles. The molecule has 0 radical (unpaired) electrons. The summed E-state index contributed by atoms with van der Waals surface area (Å²) >= 11 is 0. The van der Waals surface area contributed by atoms with E-state index in [0.29, 0.717) is 6.42 Å². The summed E-state index contributed by atoms with van der Waals surface area (Å²) in [5, 5.41) is 0. The summed E-state index contributed by atoms with van der Waals surface area (Å²) in [5.41, 5.74) is 4.08. The molecule has 0 N–H and O–H groups in total. The number of ether oxygens (including phenoxy) is 1. The van der Waals surface area contributed by atoms with Gasteiger partial charge in [-0.1, -0.05) is 48.5 Å². The van der Waals surface area contributed by atoms with Gasteiger partial charge in [-0.3, -0.25) is 4.79 Å². The molecule has 18 heavy (non-hydrogen) atoms. The summed E-state index contributed by atoms with van der Waals surface area (Å²) in [6, 6.07) is 15.9. The first-order valence-corrected chi connectivity index (χ1v) is 6.05. The van der Waals surface area contributed by atoms with Crippen LogP contribution in [-0.4, -0.2) is 19.0 Å². The SMILES string of the molecule is COC1Cc2ccccc2-c2ccccc2C1=O. The molecule has 0 heterocycles. The van der Waals surface area contributed by atoms with Crippen LogP contribution in [0.25, 0.3) is 11.1 Å². The fourth-order valence-electron chi connectivity index (χ4n) is 2.55. The van der Waals surface area contributed by atoms with Crippen molar-refractivity contribution in [2.45, 2.75) is 12.5 Å². The Labute approximate surface area is 106 Å². The maximum absolute atomic E-state index is 12.4. The highest BCUT2D eigenvalue weighted by Crippen LogP contribution is 2.32. The van der Waals surface area contributed by atoms with Crippen molar-refractivity contribution in [3.05, 3.63) is 59.7 Å². The highest BCUT2D eigenvalue weighted by Gasteiger charge is 2.27. The summed E-state index contributed by atoms with van der Waals surface area (Å²) in [5.74, 6) is 0.0734. The minimum atomic E-state index is -0.380. The van der Waals surface area contributed by atoms with Gasteiger partial charge in [-0.2, -0.15) is 0 Å². The lowest BCUT2D eigenvalue weighted by Crippen LogP contribution is -2.24. The van der Waals surface area contributed by atoms with Crippen LogP contribution in [-0.2, 0) is 11.2 Å². The molecular weight excluding hydrogens is 224 g/mol. The second kappa shape index (κ2) is 4.39. The topological polar surface area (TPSA) is 26.3 Å². The number of methoxy groups -OCH3 is 1. The van der Waals surface area contributed by atoms with Crippen LogP contribution in [0.1, 0.15) is 15.9 Å². The van der Waals surface area contributed by atoms with E-state index < -0.39 is 0 Å². The fraction of sp³-hybridized carbons (Fsp3) is 0.188. The Hall–Kier alpha value is -1.93. The zero-order chi connectivity index (χ0) is 12.5. The molecule has 1 unspecified atom stereocenters. The number of hydrogen-bond acceptors (Lipinski definition) is 2. The monoisotopic (exact) mass is 238 g/mol. The second-order valence-corrected chi connectivity index (χ2v) is 4.50. The van der Waals surface area contributed by atoms with Gasteiger partial charge >= 0.3 is 0 Å². The Morgan fingerprint density at radius 3 is 2.28 bits per heavy atom. The van der Waals surface area contributed by atoms with Gasteiger partial charge in [0.2, 0.25) is 0 Å². The quantitative estimate of drug-likeness (QED) is 0.763. The Kier molecular flexibility index (Phi) is 2.73. The van der Waals surface area contributed by atoms with Crippen LogP contribution in [0.4, 0.5) is 0 Å². The summed E-state index contributed by atoms with van der Waals surface area (Å²) in [7, 11) is 1.60. The minimum Gasteiger partial charge on any atom is -0.373 e. The molecule has 0 fully saturated rings. The van der Waals surface area contributed by atoms with Crippen LogP contribution in [0.2, 0.25) is 0 Å². The highest BCUT2D eigenvalue weighted by molar-refractivity contribution is 6.06. The summed E-state index contributed by atoms with van der Waals surface area (Å²) in [4.78, 5) is 12.4. The average Bonchev–Trinajstić information content (AvgIpc) is 2.55. The van der Waals surface area contributed by atoms with E-state index in [1.54, 1.807) is 7.11 Å². The molecule has 0 amide bonds. The van der Waals surface area contributed by atoms with Gasteiger partial charge in [0.1, 0.15) is 6.10 Å². The molecular formula is C16H14O2. The number of rotatable bonds is 1. The number of Topliss-reactive ketones (excluding diaryl/α,β-unsaturated/α-hetero) is 1.